The van der Waals surface area contributed by atoms with Crippen molar-refractivity contribution in [1.29, 1.82) is 0 Å². The van der Waals surface area contributed by atoms with Crippen molar-refractivity contribution < 1.29 is 4.79 Å². The van der Waals surface area contributed by atoms with Crippen molar-refractivity contribution >= 4 is 16.8 Å². The first-order chi connectivity index (χ1) is 15.0. The van der Waals surface area contributed by atoms with Crippen molar-refractivity contribution in [3.05, 3.63) is 65.7 Å². The maximum atomic E-state index is 13.7. The van der Waals surface area contributed by atoms with Gasteiger partial charge < -0.3 is 10.2 Å². The zero-order valence-electron chi connectivity index (χ0n) is 18.9. The molecule has 4 heteroatoms. The number of aromatic nitrogens is 1. The molecule has 4 rings (SSSR count). The van der Waals surface area contributed by atoms with E-state index in [4.69, 9.17) is 4.98 Å². The highest BCUT2D eigenvalue weighted by atomic mass is 16.1. The maximum Gasteiger partial charge on any atom is 0.252 e. The maximum absolute atomic E-state index is 13.7. The number of para-hydroxylation sites is 1. The molecule has 31 heavy (non-hydrogen) atoms. The van der Waals surface area contributed by atoms with Crippen LogP contribution in [-0.2, 0) is 6.54 Å². The molecule has 1 N–H and O–H groups in total. The van der Waals surface area contributed by atoms with Gasteiger partial charge in [-0.15, -0.1) is 0 Å². The molecule has 0 radical (unpaired) electrons. The van der Waals surface area contributed by atoms with Crippen molar-refractivity contribution in [3.63, 3.8) is 0 Å². The van der Waals surface area contributed by atoms with Gasteiger partial charge >= 0.3 is 0 Å². The minimum Gasteiger partial charge on any atom is -0.349 e. The van der Waals surface area contributed by atoms with E-state index < -0.39 is 0 Å². The third-order valence-electron chi connectivity index (χ3n) is 6.46. The fourth-order valence-electron chi connectivity index (χ4n) is 4.85. The van der Waals surface area contributed by atoms with Crippen molar-refractivity contribution in [1.82, 2.24) is 15.2 Å². The molecule has 3 aromatic rings. The first kappa shape index (κ1) is 21.5. The molecular weight excluding hydrogens is 382 g/mol. The molecule has 1 heterocycles. The summed E-state index contributed by atoms with van der Waals surface area (Å²) < 4.78 is 0. The Hall–Kier alpha value is -2.72. The molecule has 1 atom stereocenters. The van der Waals surface area contributed by atoms with Gasteiger partial charge in [0, 0.05) is 29.1 Å². The molecule has 0 aliphatic heterocycles. The van der Waals surface area contributed by atoms with Crippen LogP contribution < -0.4 is 5.32 Å². The highest BCUT2D eigenvalue weighted by molar-refractivity contribution is 6.09. The lowest BCUT2D eigenvalue weighted by atomic mass is 9.84. The molecule has 2 aromatic carbocycles. The Morgan fingerprint density at radius 1 is 1.03 bits per heavy atom. The summed E-state index contributed by atoms with van der Waals surface area (Å²) in [6.45, 7) is 2.82. The minimum absolute atomic E-state index is 0.0192. The van der Waals surface area contributed by atoms with Crippen LogP contribution in [-0.4, -0.2) is 35.9 Å². The molecule has 1 aliphatic rings. The highest BCUT2D eigenvalue weighted by Gasteiger charge is 2.26. The number of nitrogens with zero attached hydrogens (tertiary/aromatic N) is 2. The summed E-state index contributed by atoms with van der Waals surface area (Å²) in [5.41, 5.74) is 4.55. The van der Waals surface area contributed by atoms with E-state index in [1.165, 1.54) is 32.1 Å². The summed E-state index contributed by atoms with van der Waals surface area (Å²) in [6, 6.07) is 18.4. The van der Waals surface area contributed by atoms with Gasteiger partial charge in [0.1, 0.15) is 0 Å². The molecule has 0 unspecified atom stereocenters. The van der Waals surface area contributed by atoms with Crippen LogP contribution in [0.3, 0.4) is 0 Å². The molecule has 162 valence electrons. The van der Waals surface area contributed by atoms with Gasteiger partial charge in [-0.1, -0.05) is 67.8 Å². The average Bonchev–Trinajstić information content (AvgIpc) is 2.79. The highest BCUT2D eigenvalue weighted by Crippen LogP contribution is 2.32. The van der Waals surface area contributed by atoms with Crippen molar-refractivity contribution in [2.24, 2.45) is 5.92 Å². The molecule has 0 saturated heterocycles. The van der Waals surface area contributed by atoms with Gasteiger partial charge in [0.05, 0.1) is 16.8 Å². The van der Waals surface area contributed by atoms with Crippen LogP contribution >= 0.6 is 0 Å². The fourth-order valence-corrected chi connectivity index (χ4v) is 4.85. The Bertz CT molecular complexity index is 1040. The van der Waals surface area contributed by atoms with Crippen molar-refractivity contribution in [2.45, 2.75) is 51.6 Å². The van der Waals surface area contributed by atoms with Gasteiger partial charge in [-0.05, 0) is 45.8 Å². The number of benzene rings is 2. The lowest BCUT2D eigenvalue weighted by molar-refractivity contribution is 0.0919. The summed E-state index contributed by atoms with van der Waals surface area (Å²) in [4.78, 5) is 20.9. The van der Waals surface area contributed by atoms with Crippen LogP contribution in [0.5, 0.6) is 0 Å². The number of amides is 1. The van der Waals surface area contributed by atoms with Gasteiger partial charge in [0.25, 0.3) is 5.91 Å². The van der Waals surface area contributed by atoms with Crippen LogP contribution in [0.4, 0.5) is 0 Å². The van der Waals surface area contributed by atoms with E-state index in [0.717, 1.165) is 33.3 Å². The smallest absolute Gasteiger partial charge is 0.252 e. The third-order valence-corrected chi connectivity index (χ3v) is 6.46. The first-order valence-electron chi connectivity index (χ1n) is 11.5. The van der Waals surface area contributed by atoms with E-state index >= 15 is 0 Å². The van der Waals surface area contributed by atoms with E-state index in [-0.39, 0.29) is 11.9 Å². The van der Waals surface area contributed by atoms with Crippen LogP contribution in [0, 0.1) is 5.92 Å². The second kappa shape index (κ2) is 9.61. The summed E-state index contributed by atoms with van der Waals surface area (Å²) in [5.74, 6) is 0.586. The van der Waals surface area contributed by atoms with Gasteiger partial charge in [0.15, 0.2) is 0 Å². The molecule has 1 aromatic heterocycles. The van der Waals surface area contributed by atoms with Gasteiger partial charge in [0.2, 0.25) is 0 Å². The summed E-state index contributed by atoms with van der Waals surface area (Å²) in [5, 5.41) is 4.29. The average molecular weight is 416 g/mol. The van der Waals surface area contributed by atoms with Crippen molar-refractivity contribution in [3.8, 4) is 11.3 Å². The normalized spacial score (nSPS) is 15.9. The van der Waals surface area contributed by atoms with Gasteiger partial charge in [-0.3, -0.25) is 4.79 Å². The van der Waals surface area contributed by atoms with Crippen LogP contribution in [0.15, 0.2) is 54.6 Å². The van der Waals surface area contributed by atoms with Crippen LogP contribution in [0.1, 0.15) is 54.9 Å². The minimum atomic E-state index is 0.0192. The molecule has 1 fully saturated rings. The summed E-state index contributed by atoms with van der Waals surface area (Å²) in [6.07, 6.45) is 6.27. The Labute approximate surface area is 185 Å². The van der Waals surface area contributed by atoms with Gasteiger partial charge in [-0.2, -0.15) is 0 Å². The molecule has 0 bridgehead atoms. The quantitative estimate of drug-likeness (QED) is 0.565. The first-order valence-corrected chi connectivity index (χ1v) is 11.5. The summed E-state index contributed by atoms with van der Waals surface area (Å²) in [7, 11) is 4.08. The standard InChI is InChI=1S/C27H33N3O/c1-19(20-12-6-4-7-13-20)28-27(31)25-22-16-10-11-17-24(22)29-26(23(25)18-30(2)3)21-14-8-5-9-15-21/h5,8-11,14-17,19-20H,4,6-7,12-13,18H2,1-3H3,(H,28,31)/t19-/m0/s1. The Morgan fingerprint density at radius 2 is 1.71 bits per heavy atom. The predicted octanol–water partition coefficient (Wildman–Crippen LogP) is 5.66. The Morgan fingerprint density at radius 3 is 2.42 bits per heavy atom. The van der Waals surface area contributed by atoms with E-state index in [0.29, 0.717) is 12.5 Å². The summed E-state index contributed by atoms with van der Waals surface area (Å²) >= 11 is 0. The number of pyridine rings is 1. The Balaban J connectivity index is 1.82. The van der Waals surface area contributed by atoms with E-state index in [9.17, 15) is 4.79 Å². The van der Waals surface area contributed by atoms with Crippen LogP contribution in [0.25, 0.3) is 22.2 Å². The second-order valence-corrected chi connectivity index (χ2v) is 9.10. The van der Waals surface area contributed by atoms with E-state index in [2.05, 4.69) is 29.3 Å². The molecule has 4 nitrogen and oxygen atoms in total. The predicted molar refractivity (Wildman–Crippen MR) is 128 cm³/mol. The zero-order valence-corrected chi connectivity index (χ0v) is 18.9. The van der Waals surface area contributed by atoms with E-state index in [1.54, 1.807) is 0 Å². The number of fused-ring (bicyclic) bond motifs is 1. The number of carbonyl (C=O) groups excluding carboxylic acids is 1. The largest absolute Gasteiger partial charge is 0.349 e. The topological polar surface area (TPSA) is 45.2 Å². The number of nitrogens with one attached hydrogen (secondary N) is 1. The molecule has 1 amide bonds. The monoisotopic (exact) mass is 415 g/mol. The fraction of sp³-hybridized carbons (Fsp3) is 0.407. The lowest BCUT2D eigenvalue weighted by Gasteiger charge is -2.29. The molecule has 0 spiro atoms. The second-order valence-electron chi connectivity index (χ2n) is 9.10. The number of hydrogen-bond acceptors (Lipinski definition) is 3. The SMILES string of the molecule is C[C@H](NC(=O)c1c(CN(C)C)c(-c2ccccc2)nc2ccccc12)C1CCCCC1. The van der Waals surface area contributed by atoms with Crippen molar-refractivity contribution in [2.75, 3.05) is 14.1 Å². The number of carbonyl (C=O) groups is 1. The van der Waals surface area contributed by atoms with E-state index in [1.807, 2.05) is 56.6 Å². The molecule has 1 saturated carbocycles. The Kier molecular flexibility index (Phi) is 6.67. The number of hydrogen-bond donors (Lipinski definition) is 1. The zero-order chi connectivity index (χ0) is 21.8. The lowest BCUT2D eigenvalue weighted by Crippen LogP contribution is -2.39. The van der Waals surface area contributed by atoms with Gasteiger partial charge in [-0.25, -0.2) is 4.98 Å². The number of rotatable bonds is 6. The molecular formula is C27H33N3O. The van der Waals surface area contributed by atoms with Crippen LogP contribution in [0.2, 0.25) is 0 Å². The third kappa shape index (κ3) is 4.80. The molecule has 1 aliphatic carbocycles.